The van der Waals surface area contributed by atoms with Crippen molar-refractivity contribution in [1.29, 1.82) is 0 Å². The summed E-state index contributed by atoms with van der Waals surface area (Å²) in [5.74, 6) is 0.803. The van der Waals surface area contributed by atoms with E-state index in [1.165, 1.54) is 25.6 Å². The zero-order valence-electron chi connectivity index (χ0n) is 11.4. The summed E-state index contributed by atoms with van der Waals surface area (Å²) in [4.78, 5) is 22.1. The average Bonchev–Trinajstić information content (AvgIpc) is 2.86. The van der Waals surface area contributed by atoms with Crippen molar-refractivity contribution in [2.45, 2.75) is 20.3 Å². The Morgan fingerprint density at radius 3 is 2.53 bits per heavy atom. The second-order valence-corrected chi connectivity index (χ2v) is 5.25. The molecule has 2 aromatic rings. The second kappa shape index (κ2) is 5.52. The Bertz CT molecular complexity index is 568. The fraction of sp³-hybridized carbons (Fsp3) is 0.462. The molecule has 2 heterocycles. The standard InChI is InChI=1S/C13H16N2O3S/c1-5-7(2)10(16)9-6-8-13(19-9)15-12(18-4)11(14-8)17-3/h6-7H,5H2,1-4H3. The fourth-order valence-corrected chi connectivity index (χ4v) is 2.66. The Kier molecular flexibility index (Phi) is 3.99. The molecule has 5 nitrogen and oxygen atoms in total. The van der Waals surface area contributed by atoms with Gasteiger partial charge in [0.15, 0.2) is 5.78 Å². The van der Waals surface area contributed by atoms with Crippen LogP contribution in [0.15, 0.2) is 6.07 Å². The van der Waals surface area contributed by atoms with Crippen LogP contribution >= 0.6 is 11.3 Å². The summed E-state index contributed by atoms with van der Waals surface area (Å²) in [6.07, 6.45) is 0.820. The molecule has 0 spiro atoms. The van der Waals surface area contributed by atoms with Crippen LogP contribution in [0.1, 0.15) is 29.9 Å². The number of carbonyl (C=O) groups excluding carboxylic acids is 1. The topological polar surface area (TPSA) is 61.3 Å². The number of hydrogen-bond acceptors (Lipinski definition) is 6. The van der Waals surface area contributed by atoms with Crippen LogP contribution in [-0.2, 0) is 0 Å². The highest BCUT2D eigenvalue weighted by molar-refractivity contribution is 7.20. The lowest BCUT2D eigenvalue weighted by Gasteiger charge is -2.03. The molecule has 0 N–H and O–H groups in total. The molecule has 0 aromatic carbocycles. The molecule has 6 heteroatoms. The Morgan fingerprint density at radius 1 is 1.32 bits per heavy atom. The predicted molar refractivity (Wildman–Crippen MR) is 74.3 cm³/mol. The highest BCUT2D eigenvalue weighted by Gasteiger charge is 2.19. The first-order valence-corrected chi connectivity index (χ1v) is 6.86. The van der Waals surface area contributed by atoms with Crippen LogP contribution in [0.4, 0.5) is 0 Å². The third-order valence-electron chi connectivity index (χ3n) is 2.99. The van der Waals surface area contributed by atoms with Crippen molar-refractivity contribution >= 4 is 27.5 Å². The van der Waals surface area contributed by atoms with Crippen LogP contribution in [0.3, 0.4) is 0 Å². The van der Waals surface area contributed by atoms with Gasteiger partial charge in [-0.3, -0.25) is 4.79 Å². The number of methoxy groups -OCH3 is 2. The Hall–Kier alpha value is -1.69. The molecule has 102 valence electrons. The Balaban J connectivity index is 2.48. The first kappa shape index (κ1) is 13.7. The van der Waals surface area contributed by atoms with Crippen LogP contribution in [0.5, 0.6) is 11.8 Å². The van der Waals surface area contributed by atoms with Gasteiger partial charge >= 0.3 is 0 Å². The van der Waals surface area contributed by atoms with Crippen molar-refractivity contribution < 1.29 is 14.3 Å². The van der Waals surface area contributed by atoms with Gasteiger partial charge in [-0.05, 0) is 12.5 Å². The number of carbonyl (C=O) groups is 1. The lowest BCUT2D eigenvalue weighted by atomic mass is 10.0. The minimum absolute atomic E-state index is 0.0110. The molecule has 19 heavy (non-hydrogen) atoms. The minimum Gasteiger partial charge on any atom is -0.477 e. The van der Waals surface area contributed by atoms with Crippen molar-refractivity contribution in [3.8, 4) is 11.8 Å². The highest BCUT2D eigenvalue weighted by atomic mass is 32.1. The van der Waals surface area contributed by atoms with Crippen molar-refractivity contribution in [1.82, 2.24) is 9.97 Å². The second-order valence-electron chi connectivity index (χ2n) is 4.22. The number of rotatable bonds is 5. The lowest BCUT2D eigenvalue weighted by molar-refractivity contribution is 0.0931. The van der Waals surface area contributed by atoms with E-state index in [0.717, 1.165) is 6.42 Å². The zero-order chi connectivity index (χ0) is 14.0. The van der Waals surface area contributed by atoms with Gasteiger partial charge in [-0.1, -0.05) is 13.8 Å². The minimum atomic E-state index is 0.0110. The summed E-state index contributed by atoms with van der Waals surface area (Å²) in [5, 5.41) is 0. The van der Waals surface area contributed by atoms with Gasteiger partial charge in [0.25, 0.3) is 11.8 Å². The van der Waals surface area contributed by atoms with Crippen molar-refractivity contribution in [3.63, 3.8) is 0 Å². The van der Waals surface area contributed by atoms with Gasteiger partial charge < -0.3 is 9.47 Å². The molecular formula is C13H16N2O3S. The number of ether oxygens (including phenoxy) is 2. The van der Waals surface area contributed by atoms with Crippen LogP contribution in [-0.4, -0.2) is 30.0 Å². The van der Waals surface area contributed by atoms with E-state index in [1.807, 2.05) is 13.8 Å². The van der Waals surface area contributed by atoms with Crippen molar-refractivity contribution in [3.05, 3.63) is 10.9 Å². The van der Waals surface area contributed by atoms with Gasteiger partial charge in [-0.25, -0.2) is 4.98 Å². The molecule has 0 aliphatic carbocycles. The molecule has 2 aromatic heterocycles. The van der Waals surface area contributed by atoms with Crippen LogP contribution < -0.4 is 9.47 Å². The van der Waals surface area contributed by atoms with Gasteiger partial charge in [0.1, 0.15) is 10.3 Å². The van der Waals surface area contributed by atoms with E-state index in [2.05, 4.69) is 9.97 Å². The number of aromatic nitrogens is 2. The Morgan fingerprint density at radius 2 is 1.95 bits per heavy atom. The highest BCUT2D eigenvalue weighted by Crippen LogP contribution is 2.31. The van der Waals surface area contributed by atoms with E-state index < -0.39 is 0 Å². The summed E-state index contributed by atoms with van der Waals surface area (Å²) < 4.78 is 10.2. The monoisotopic (exact) mass is 280 g/mol. The molecule has 0 saturated heterocycles. The van der Waals surface area contributed by atoms with Crippen LogP contribution in [0, 0.1) is 5.92 Å². The van der Waals surface area contributed by atoms with Crippen LogP contribution in [0.25, 0.3) is 10.3 Å². The molecular weight excluding hydrogens is 264 g/mol. The molecule has 0 aliphatic heterocycles. The third-order valence-corrected chi connectivity index (χ3v) is 4.02. The molecule has 0 radical (unpaired) electrons. The molecule has 2 rings (SSSR count). The number of Topliss-reactive ketones (excluding diaryl/α,β-unsaturated/α-hetero) is 1. The van der Waals surface area contributed by atoms with Gasteiger partial charge in [0.2, 0.25) is 0 Å². The number of ketones is 1. The normalized spacial score (nSPS) is 12.4. The van der Waals surface area contributed by atoms with E-state index in [0.29, 0.717) is 27.0 Å². The zero-order valence-corrected chi connectivity index (χ0v) is 12.2. The number of nitrogens with zero attached hydrogens (tertiary/aromatic N) is 2. The first-order chi connectivity index (χ1) is 9.10. The van der Waals surface area contributed by atoms with Crippen LogP contribution in [0.2, 0.25) is 0 Å². The van der Waals surface area contributed by atoms with Gasteiger partial charge in [-0.15, -0.1) is 11.3 Å². The summed E-state index contributed by atoms with van der Waals surface area (Å²) >= 11 is 1.34. The largest absolute Gasteiger partial charge is 0.477 e. The van der Waals surface area contributed by atoms with Crippen molar-refractivity contribution in [2.24, 2.45) is 5.92 Å². The van der Waals surface area contributed by atoms with Gasteiger partial charge in [0, 0.05) is 5.92 Å². The summed E-state index contributed by atoms with van der Waals surface area (Å²) in [6.45, 7) is 3.92. The summed E-state index contributed by atoms with van der Waals surface area (Å²) in [6, 6.07) is 1.77. The maximum atomic E-state index is 12.1. The van der Waals surface area contributed by atoms with E-state index >= 15 is 0 Å². The molecule has 0 amide bonds. The quantitative estimate of drug-likeness (QED) is 0.788. The molecule has 0 saturated carbocycles. The lowest BCUT2D eigenvalue weighted by Crippen LogP contribution is -2.07. The maximum absolute atomic E-state index is 12.1. The molecule has 0 bridgehead atoms. The summed E-state index contributed by atoms with van der Waals surface area (Å²) in [7, 11) is 3.02. The number of thiophene rings is 1. The van der Waals surface area contributed by atoms with E-state index in [4.69, 9.17) is 9.47 Å². The third kappa shape index (κ3) is 2.53. The predicted octanol–water partition coefficient (Wildman–Crippen LogP) is 2.94. The van der Waals surface area contributed by atoms with Gasteiger partial charge in [0.05, 0.1) is 19.1 Å². The number of fused-ring (bicyclic) bond motifs is 1. The summed E-state index contributed by atoms with van der Waals surface area (Å²) in [5.41, 5.74) is 0.661. The van der Waals surface area contributed by atoms with E-state index in [1.54, 1.807) is 6.07 Å². The smallest absolute Gasteiger partial charge is 0.279 e. The number of hydrogen-bond donors (Lipinski definition) is 0. The molecule has 1 atom stereocenters. The SMILES string of the molecule is CCC(C)C(=O)c1cc2nc(OC)c(OC)nc2s1. The van der Waals surface area contributed by atoms with E-state index in [9.17, 15) is 4.79 Å². The molecule has 0 fully saturated rings. The van der Waals surface area contributed by atoms with Crippen molar-refractivity contribution in [2.75, 3.05) is 14.2 Å². The fourth-order valence-electron chi connectivity index (χ4n) is 1.64. The molecule has 1 unspecified atom stereocenters. The van der Waals surface area contributed by atoms with E-state index in [-0.39, 0.29) is 11.7 Å². The first-order valence-electron chi connectivity index (χ1n) is 6.04. The average molecular weight is 280 g/mol. The van der Waals surface area contributed by atoms with Gasteiger partial charge in [-0.2, -0.15) is 4.98 Å². The Labute approximate surface area is 115 Å². The maximum Gasteiger partial charge on any atom is 0.279 e. The molecule has 0 aliphatic rings.